The Labute approximate surface area is 296 Å². The van der Waals surface area contributed by atoms with E-state index in [2.05, 4.69) is 20.5 Å². The Hall–Kier alpha value is -5.46. The number of pyridine rings is 1. The number of fused-ring (bicyclic) bond motifs is 2. The first-order valence-electron chi connectivity index (χ1n) is 17.1. The van der Waals surface area contributed by atoms with E-state index in [-0.39, 0.29) is 23.2 Å². The zero-order valence-corrected chi connectivity index (χ0v) is 29.7. The van der Waals surface area contributed by atoms with Crippen molar-refractivity contribution in [3.63, 3.8) is 0 Å². The standard InChI is InChI=1S/C39H44N6O6/c1-43(2)21-17-41-37(47)27-14-15-29(34-35(27)42-30-23-32(51-5)31(50-4)22-28(30)36(34)46)40-16-8-18-44(3)19-9-20-45-38(48)25-12-6-10-24-11-7-13-26(33(24)25)39(45)49/h6-7,10-15,22-23,40H,8-9,16-21H2,1-5H3,(H,41,47)(H,42,46). The van der Waals surface area contributed by atoms with Crippen molar-refractivity contribution in [1.29, 1.82) is 0 Å². The molecule has 51 heavy (non-hydrogen) atoms. The molecule has 0 atom stereocenters. The summed E-state index contributed by atoms with van der Waals surface area (Å²) >= 11 is 0. The lowest BCUT2D eigenvalue weighted by atomic mass is 9.94. The molecule has 12 nitrogen and oxygen atoms in total. The van der Waals surface area contributed by atoms with Crippen LogP contribution in [0.4, 0.5) is 5.69 Å². The average molecular weight is 693 g/mol. The number of hydrogen-bond donors (Lipinski definition) is 3. The lowest BCUT2D eigenvalue weighted by molar-refractivity contribution is 0.0604. The van der Waals surface area contributed by atoms with Crippen LogP contribution in [0.25, 0.3) is 32.6 Å². The minimum atomic E-state index is -0.278. The molecule has 0 saturated carbocycles. The molecule has 4 aromatic carbocycles. The molecule has 2 heterocycles. The van der Waals surface area contributed by atoms with E-state index in [1.165, 1.54) is 19.1 Å². The molecule has 0 radical (unpaired) electrons. The van der Waals surface area contributed by atoms with Crippen LogP contribution in [-0.4, -0.2) is 112 Å². The maximum Gasteiger partial charge on any atom is 0.261 e. The van der Waals surface area contributed by atoms with Gasteiger partial charge in [-0.05, 0) is 82.8 Å². The predicted molar refractivity (Wildman–Crippen MR) is 201 cm³/mol. The summed E-state index contributed by atoms with van der Waals surface area (Å²) in [6.07, 6.45) is 1.40. The van der Waals surface area contributed by atoms with Crippen LogP contribution < -0.4 is 25.5 Å². The van der Waals surface area contributed by atoms with Crippen LogP contribution >= 0.6 is 0 Å². The zero-order chi connectivity index (χ0) is 36.2. The summed E-state index contributed by atoms with van der Waals surface area (Å²) in [5.74, 6) is 0.120. The van der Waals surface area contributed by atoms with E-state index in [1.54, 1.807) is 36.4 Å². The van der Waals surface area contributed by atoms with Gasteiger partial charge in [-0.2, -0.15) is 0 Å². The molecule has 3 amide bonds. The Morgan fingerprint density at radius 2 is 1.47 bits per heavy atom. The number of rotatable bonds is 15. The molecule has 0 bridgehead atoms. The summed E-state index contributed by atoms with van der Waals surface area (Å²) in [5.41, 5.74) is 2.85. The molecule has 6 rings (SSSR count). The smallest absolute Gasteiger partial charge is 0.261 e. The van der Waals surface area contributed by atoms with Crippen molar-refractivity contribution in [2.45, 2.75) is 12.8 Å². The highest BCUT2D eigenvalue weighted by Gasteiger charge is 2.32. The highest BCUT2D eigenvalue weighted by molar-refractivity contribution is 6.25. The first-order chi connectivity index (χ1) is 24.6. The van der Waals surface area contributed by atoms with Crippen molar-refractivity contribution in [3.8, 4) is 11.5 Å². The first kappa shape index (κ1) is 35.4. The molecular weight excluding hydrogens is 648 g/mol. The number of methoxy groups -OCH3 is 2. The van der Waals surface area contributed by atoms with E-state index in [1.807, 2.05) is 50.3 Å². The second-order valence-corrected chi connectivity index (χ2v) is 13.1. The summed E-state index contributed by atoms with van der Waals surface area (Å²) in [4.78, 5) is 62.7. The summed E-state index contributed by atoms with van der Waals surface area (Å²) < 4.78 is 10.9. The normalized spacial score (nSPS) is 12.8. The highest BCUT2D eigenvalue weighted by Crippen LogP contribution is 2.33. The molecule has 5 aromatic rings. The van der Waals surface area contributed by atoms with Crippen LogP contribution in [0.1, 0.15) is 43.9 Å². The maximum atomic E-state index is 14.1. The van der Waals surface area contributed by atoms with E-state index in [9.17, 15) is 19.2 Å². The number of anilines is 1. The van der Waals surface area contributed by atoms with Crippen LogP contribution in [0.15, 0.2) is 65.5 Å². The van der Waals surface area contributed by atoms with Gasteiger partial charge in [-0.3, -0.25) is 24.1 Å². The summed E-state index contributed by atoms with van der Waals surface area (Å²) in [7, 11) is 8.93. The fourth-order valence-corrected chi connectivity index (χ4v) is 6.70. The van der Waals surface area contributed by atoms with Gasteiger partial charge in [-0.15, -0.1) is 0 Å². The maximum absolute atomic E-state index is 14.1. The Bertz CT molecular complexity index is 2140. The predicted octanol–water partition coefficient (Wildman–Crippen LogP) is 4.56. The summed E-state index contributed by atoms with van der Waals surface area (Å²) in [6.45, 7) is 3.48. The van der Waals surface area contributed by atoms with Gasteiger partial charge < -0.3 is 34.9 Å². The number of aromatic amines is 1. The number of carbonyl (C=O) groups excluding carboxylic acids is 3. The highest BCUT2D eigenvalue weighted by atomic mass is 16.5. The van der Waals surface area contributed by atoms with Gasteiger partial charge in [0, 0.05) is 54.4 Å². The molecule has 12 heteroatoms. The molecule has 0 spiro atoms. The number of carbonyl (C=O) groups is 3. The van der Waals surface area contributed by atoms with Gasteiger partial charge in [0.1, 0.15) is 0 Å². The number of ether oxygens (including phenoxy) is 2. The van der Waals surface area contributed by atoms with Crippen molar-refractivity contribution in [2.24, 2.45) is 0 Å². The molecule has 0 saturated heterocycles. The van der Waals surface area contributed by atoms with E-state index < -0.39 is 0 Å². The summed E-state index contributed by atoms with van der Waals surface area (Å²) in [6, 6.07) is 18.0. The monoisotopic (exact) mass is 692 g/mol. The lowest BCUT2D eigenvalue weighted by Crippen LogP contribution is -2.41. The largest absolute Gasteiger partial charge is 0.493 e. The van der Waals surface area contributed by atoms with Gasteiger partial charge in [0.05, 0.1) is 41.6 Å². The van der Waals surface area contributed by atoms with Gasteiger partial charge in [-0.1, -0.05) is 24.3 Å². The second-order valence-electron chi connectivity index (χ2n) is 13.1. The molecular formula is C39H44N6O6. The van der Waals surface area contributed by atoms with Gasteiger partial charge in [0.15, 0.2) is 16.9 Å². The van der Waals surface area contributed by atoms with Gasteiger partial charge >= 0.3 is 0 Å². The quantitative estimate of drug-likeness (QED) is 0.0820. The number of benzene rings is 4. The number of amides is 3. The van der Waals surface area contributed by atoms with E-state index in [0.29, 0.717) is 94.8 Å². The lowest BCUT2D eigenvalue weighted by Gasteiger charge is -2.28. The summed E-state index contributed by atoms with van der Waals surface area (Å²) in [5, 5.41) is 8.80. The number of nitrogens with zero attached hydrogens (tertiary/aromatic N) is 3. The van der Waals surface area contributed by atoms with Gasteiger partial charge in [0.2, 0.25) is 0 Å². The number of imide groups is 1. The average Bonchev–Trinajstić information content (AvgIpc) is 3.12. The van der Waals surface area contributed by atoms with E-state index in [0.717, 1.165) is 23.7 Å². The van der Waals surface area contributed by atoms with Gasteiger partial charge in [-0.25, -0.2) is 0 Å². The third-order valence-corrected chi connectivity index (χ3v) is 9.36. The molecule has 1 aliphatic heterocycles. The van der Waals surface area contributed by atoms with Crippen LogP contribution in [0.5, 0.6) is 11.5 Å². The topological polar surface area (TPSA) is 136 Å². The van der Waals surface area contributed by atoms with Crippen molar-refractivity contribution in [2.75, 3.05) is 79.9 Å². The van der Waals surface area contributed by atoms with Crippen LogP contribution in [-0.2, 0) is 0 Å². The second kappa shape index (κ2) is 15.2. The van der Waals surface area contributed by atoms with Crippen LogP contribution in [0.3, 0.4) is 0 Å². The number of likely N-dealkylation sites (N-methyl/N-ethyl adjacent to an activating group) is 1. The first-order valence-corrected chi connectivity index (χ1v) is 17.1. The molecule has 0 fully saturated rings. The Kier molecular flexibility index (Phi) is 10.5. The fourth-order valence-electron chi connectivity index (χ4n) is 6.70. The molecule has 1 aliphatic rings. The van der Waals surface area contributed by atoms with E-state index >= 15 is 0 Å². The SMILES string of the molecule is COc1cc2[nH]c3c(C(=O)NCCN(C)C)ccc(NCCCN(C)CCCN4C(=O)c5cccc6cccc(c56)C4=O)c3c(=O)c2cc1OC. The minimum absolute atomic E-state index is 0.233. The minimum Gasteiger partial charge on any atom is -0.493 e. The number of H-pyrrole nitrogens is 1. The Morgan fingerprint density at radius 3 is 2.14 bits per heavy atom. The van der Waals surface area contributed by atoms with Crippen molar-refractivity contribution < 1.29 is 23.9 Å². The molecule has 3 N–H and O–H groups in total. The zero-order valence-electron chi connectivity index (χ0n) is 29.7. The van der Waals surface area contributed by atoms with Gasteiger partial charge in [0.25, 0.3) is 17.7 Å². The number of aromatic nitrogens is 1. The van der Waals surface area contributed by atoms with Crippen LogP contribution in [0, 0.1) is 0 Å². The fraction of sp³-hybridized carbons (Fsp3) is 0.333. The van der Waals surface area contributed by atoms with Crippen LogP contribution in [0.2, 0.25) is 0 Å². The van der Waals surface area contributed by atoms with E-state index in [4.69, 9.17) is 9.47 Å². The van der Waals surface area contributed by atoms with Crippen molar-refractivity contribution in [3.05, 3.63) is 87.6 Å². The Balaban J connectivity index is 1.12. The molecule has 0 aliphatic carbocycles. The van der Waals surface area contributed by atoms with Crippen molar-refractivity contribution >= 4 is 56.0 Å². The molecule has 0 unspecified atom stereocenters. The number of hydrogen-bond acceptors (Lipinski definition) is 9. The number of nitrogens with one attached hydrogen (secondary N) is 3. The Morgan fingerprint density at radius 1 is 0.804 bits per heavy atom. The van der Waals surface area contributed by atoms with Crippen molar-refractivity contribution in [1.82, 2.24) is 25.0 Å². The third-order valence-electron chi connectivity index (χ3n) is 9.36. The third kappa shape index (κ3) is 7.10. The molecule has 266 valence electrons. The molecule has 1 aromatic heterocycles.